The minimum atomic E-state index is -3.59. The normalized spacial score (nSPS) is 15.4. The lowest BCUT2D eigenvalue weighted by atomic mass is 9.92. The molecular formula is C30H34N4O3S. The zero-order valence-electron chi connectivity index (χ0n) is 21.7. The number of rotatable bonds is 10. The van der Waals surface area contributed by atoms with Gasteiger partial charge < -0.3 is 5.32 Å². The Morgan fingerprint density at radius 1 is 1.00 bits per heavy atom. The van der Waals surface area contributed by atoms with E-state index in [0.717, 1.165) is 31.5 Å². The summed E-state index contributed by atoms with van der Waals surface area (Å²) in [4.78, 5) is 14.9. The van der Waals surface area contributed by atoms with E-state index in [0.29, 0.717) is 29.9 Å². The Kier molecular flexibility index (Phi) is 9.16. The Bertz CT molecular complexity index is 1330. The second-order valence-corrected chi connectivity index (χ2v) is 11.8. The van der Waals surface area contributed by atoms with Crippen LogP contribution in [-0.4, -0.2) is 44.9 Å². The molecule has 1 saturated heterocycles. The van der Waals surface area contributed by atoms with Crippen LogP contribution < -0.4 is 9.62 Å². The lowest BCUT2D eigenvalue weighted by molar-refractivity contribution is -0.117. The average Bonchev–Trinajstić information content (AvgIpc) is 2.93. The third-order valence-corrected chi connectivity index (χ3v) is 8.78. The maximum atomic E-state index is 13.5. The van der Waals surface area contributed by atoms with Crippen molar-refractivity contribution < 1.29 is 13.2 Å². The number of hydrogen-bond donors (Lipinski definition) is 1. The van der Waals surface area contributed by atoms with Crippen molar-refractivity contribution >= 4 is 27.3 Å². The number of carbonyl (C=O) groups is 1. The Morgan fingerprint density at radius 2 is 1.61 bits per heavy atom. The Balaban J connectivity index is 1.34. The number of hydrogen-bond acceptors (Lipinski definition) is 5. The fourth-order valence-electron chi connectivity index (χ4n) is 4.89. The molecule has 3 aromatic rings. The van der Waals surface area contributed by atoms with Gasteiger partial charge in [0.05, 0.1) is 23.1 Å². The van der Waals surface area contributed by atoms with Gasteiger partial charge in [-0.1, -0.05) is 48.5 Å². The van der Waals surface area contributed by atoms with E-state index in [4.69, 9.17) is 5.26 Å². The average molecular weight is 531 g/mol. The molecule has 0 aliphatic carbocycles. The van der Waals surface area contributed by atoms with Crippen LogP contribution in [-0.2, 0) is 20.6 Å². The molecule has 0 unspecified atom stereocenters. The van der Waals surface area contributed by atoms with Crippen molar-refractivity contribution in [3.05, 3.63) is 96.1 Å². The van der Waals surface area contributed by atoms with E-state index >= 15 is 0 Å². The topological polar surface area (TPSA) is 93.5 Å². The van der Waals surface area contributed by atoms with Gasteiger partial charge in [-0.25, -0.2) is 8.42 Å². The first kappa shape index (κ1) is 27.4. The second-order valence-electron chi connectivity index (χ2n) is 9.88. The molecule has 1 aliphatic rings. The third kappa shape index (κ3) is 7.44. The second kappa shape index (κ2) is 12.7. The lowest BCUT2D eigenvalue weighted by Crippen LogP contribution is -2.48. The van der Waals surface area contributed by atoms with Crippen molar-refractivity contribution in [1.29, 1.82) is 5.26 Å². The zero-order valence-corrected chi connectivity index (χ0v) is 22.5. The number of anilines is 2. The first-order valence-electron chi connectivity index (χ1n) is 13.0. The number of nitrogens with zero attached hydrogens (tertiary/aromatic N) is 3. The predicted molar refractivity (Wildman–Crippen MR) is 151 cm³/mol. The van der Waals surface area contributed by atoms with E-state index in [2.05, 4.69) is 23.2 Å². The van der Waals surface area contributed by atoms with Gasteiger partial charge in [-0.3, -0.25) is 14.0 Å². The standard InChI is InChI=1S/C30H34N4O3S/c1-24(22-34(29-10-6-3-7-11-29)38(36,37)23-27-8-4-2-5-9-27)33-18-16-25(17-19-33)20-30(35)32-28-14-12-26(21-31)13-15-28/h2-15,24-25H,16-20,22-23H2,1H3,(H,32,35)/t24-/m1/s1. The molecule has 198 valence electrons. The summed E-state index contributed by atoms with van der Waals surface area (Å²) < 4.78 is 28.6. The molecule has 0 spiro atoms. The van der Waals surface area contributed by atoms with Gasteiger partial charge in [0.25, 0.3) is 0 Å². The Hall–Kier alpha value is -3.67. The van der Waals surface area contributed by atoms with Crippen LogP contribution >= 0.6 is 0 Å². The summed E-state index contributed by atoms with van der Waals surface area (Å²) in [5.41, 5.74) is 2.69. The van der Waals surface area contributed by atoms with Crippen LogP contribution in [0, 0.1) is 17.2 Å². The molecule has 1 atom stereocenters. The molecule has 0 saturated carbocycles. The molecule has 3 aromatic carbocycles. The minimum absolute atomic E-state index is 0.0224. The fraction of sp³-hybridized carbons (Fsp3) is 0.333. The number of likely N-dealkylation sites (tertiary alicyclic amines) is 1. The van der Waals surface area contributed by atoms with Crippen molar-refractivity contribution in [2.24, 2.45) is 5.92 Å². The van der Waals surface area contributed by atoms with Gasteiger partial charge in [-0.15, -0.1) is 0 Å². The summed E-state index contributed by atoms with van der Waals surface area (Å²) in [6.07, 6.45) is 2.21. The van der Waals surface area contributed by atoms with Gasteiger partial charge in [0.15, 0.2) is 0 Å². The number of para-hydroxylation sites is 1. The molecule has 0 bridgehead atoms. The van der Waals surface area contributed by atoms with E-state index in [9.17, 15) is 13.2 Å². The first-order chi connectivity index (χ1) is 18.3. The maximum Gasteiger partial charge on any atom is 0.239 e. The summed E-state index contributed by atoms with van der Waals surface area (Å²) in [5, 5.41) is 11.8. The number of amides is 1. The summed E-state index contributed by atoms with van der Waals surface area (Å²) in [7, 11) is -3.59. The number of piperidine rings is 1. The molecule has 38 heavy (non-hydrogen) atoms. The molecule has 0 aromatic heterocycles. The van der Waals surface area contributed by atoms with E-state index in [1.54, 1.807) is 28.6 Å². The molecule has 0 radical (unpaired) electrons. The number of carbonyl (C=O) groups excluding carboxylic acids is 1. The van der Waals surface area contributed by atoms with Crippen LogP contribution in [0.25, 0.3) is 0 Å². The van der Waals surface area contributed by atoms with Gasteiger partial charge in [0.1, 0.15) is 0 Å². The van der Waals surface area contributed by atoms with E-state index in [1.165, 1.54) is 0 Å². The molecule has 1 N–H and O–H groups in total. The highest BCUT2D eigenvalue weighted by molar-refractivity contribution is 7.92. The number of benzene rings is 3. The van der Waals surface area contributed by atoms with Gasteiger partial charge >= 0.3 is 0 Å². The smallest absolute Gasteiger partial charge is 0.239 e. The maximum absolute atomic E-state index is 13.5. The molecular weight excluding hydrogens is 496 g/mol. The largest absolute Gasteiger partial charge is 0.326 e. The molecule has 1 amide bonds. The van der Waals surface area contributed by atoms with Gasteiger partial charge in [0.2, 0.25) is 15.9 Å². The molecule has 7 nitrogen and oxygen atoms in total. The summed E-state index contributed by atoms with van der Waals surface area (Å²) in [6, 6.07) is 27.5. The highest BCUT2D eigenvalue weighted by Crippen LogP contribution is 2.26. The van der Waals surface area contributed by atoms with Gasteiger partial charge in [0, 0.05) is 24.7 Å². The number of sulfonamides is 1. The molecule has 1 heterocycles. The SMILES string of the molecule is C[C@H](CN(c1ccccc1)S(=O)(=O)Cc1ccccc1)N1CCC(CC(=O)Nc2ccc(C#N)cc2)CC1. The highest BCUT2D eigenvalue weighted by atomic mass is 32.2. The third-order valence-electron chi connectivity index (χ3n) is 7.05. The monoisotopic (exact) mass is 530 g/mol. The first-order valence-corrected chi connectivity index (χ1v) is 14.6. The summed E-state index contributed by atoms with van der Waals surface area (Å²) >= 11 is 0. The molecule has 1 fully saturated rings. The van der Waals surface area contributed by atoms with Crippen LogP contribution in [0.3, 0.4) is 0 Å². The predicted octanol–water partition coefficient (Wildman–Crippen LogP) is 5.02. The van der Waals surface area contributed by atoms with Gasteiger partial charge in [-0.2, -0.15) is 5.26 Å². The molecule has 1 aliphatic heterocycles. The molecule has 4 rings (SSSR count). The highest BCUT2D eigenvalue weighted by Gasteiger charge is 2.29. The van der Waals surface area contributed by atoms with Crippen LogP contribution in [0.15, 0.2) is 84.9 Å². The zero-order chi connectivity index (χ0) is 27.0. The van der Waals surface area contributed by atoms with Crippen LogP contribution in [0.1, 0.15) is 37.3 Å². The van der Waals surface area contributed by atoms with Crippen molar-refractivity contribution in [3.8, 4) is 6.07 Å². The number of nitriles is 1. The van der Waals surface area contributed by atoms with E-state index < -0.39 is 10.0 Å². The van der Waals surface area contributed by atoms with Crippen molar-refractivity contribution in [1.82, 2.24) is 4.90 Å². The number of nitrogens with one attached hydrogen (secondary N) is 1. The van der Waals surface area contributed by atoms with Crippen LogP contribution in [0.4, 0.5) is 11.4 Å². The van der Waals surface area contributed by atoms with Gasteiger partial charge in [-0.05, 0) is 80.7 Å². The van der Waals surface area contributed by atoms with Crippen molar-refractivity contribution in [2.45, 2.75) is 38.0 Å². The van der Waals surface area contributed by atoms with Crippen LogP contribution in [0.2, 0.25) is 0 Å². The van der Waals surface area contributed by atoms with Crippen molar-refractivity contribution in [2.75, 3.05) is 29.3 Å². The van der Waals surface area contributed by atoms with E-state index in [-0.39, 0.29) is 23.6 Å². The lowest BCUT2D eigenvalue weighted by Gasteiger charge is -2.38. The van der Waals surface area contributed by atoms with E-state index in [1.807, 2.05) is 60.7 Å². The van der Waals surface area contributed by atoms with Crippen LogP contribution in [0.5, 0.6) is 0 Å². The van der Waals surface area contributed by atoms with Crippen molar-refractivity contribution in [3.63, 3.8) is 0 Å². The quantitative estimate of drug-likeness (QED) is 0.397. The Labute approximate surface area is 225 Å². The molecule has 8 heteroatoms. The summed E-state index contributed by atoms with van der Waals surface area (Å²) in [6.45, 7) is 4.07. The Morgan fingerprint density at radius 3 is 2.21 bits per heavy atom. The summed E-state index contributed by atoms with van der Waals surface area (Å²) in [5.74, 6) is 0.207. The fourth-order valence-corrected chi connectivity index (χ4v) is 6.55. The minimum Gasteiger partial charge on any atom is -0.326 e.